The van der Waals surface area contributed by atoms with Crippen LogP contribution in [-0.2, 0) is 13.0 Å². The van der Waals surface area contributed by atoms with Crippen LogP contribution in [0.2, 0.25) is 0 Å². The van der Waals surface area contributed by atoms with E-state index < -0.39 is 0 Å². The first-order valence-corrected chi connectivity index (χ1v) is 11.2. The van der Waals surface area contributed by atoms with Gasteiger partial charge in [0, 0.05) is 11.9 Å². The molecule has 2 heterocycles. The molecule has 33 heavy (non-hydrogen) atoms. The maximum Gasteiger partial charge on any atom is 0.323 e. The Bertz CT molecular complexity index is 1280. The van der Waals surface area contributed by atoms with Crippen LogP contribution in [0.5, 0.6) is 5.75 Å². The van der Waals surface area contributed by atoms with Crippen LogP contribution >= 0.6 is 0 Å². The first kappa shape index (κ1) is 20.9. The molecule has 0 bridgehead atoms. The first-order chi connectivity index (χ1) is 16.2. The number of methoxy groups -OCH3 is 1. The number of benzene rings is 3. The van der Waals surface area contributed by atoms with E-state index in [2.05, 4.69) is 65.5 Å². The number of ether oxygens (including phenoxy) is 1. The second kappa shape index (κ2) is 8.87. The molecule has 2 amide bonds. The van der Waals surface area contributed by atoms with Crippen LogP contribution < -0.4 is 10.1 Å². The van der Waals surface area contributed by atoms with Crippen molar-refractivity contribution in [2.75, 3.05) is 12.4 Å². The SMILES string of the molecule is CCc1ccc([C@@H]2c3cccn3-c3ccccc3CN2C(=O)Nc2ccccc2OC)cc1. The third kappa shape index (κ3) is 3.87. The van der Waals surface area contributed by atoms with Crippen LogP contribution in [0.3, 0.4) is 0 Å². The van der Waals surface area contributed by atoms with E-state index in [1.807, 2.05) is 47.4 Å². The lowest BCUT2D eigenvalue weighted by Gasteiger charge is -2.31. The molecule has 4 aromatic rings. The summed E-state index contributed by atoms with van der Waals surface area (Å²) in [6.45, 7) is 2.63. The number of urea groups is 1. The van der Waals surface area contributed by atoms with Gasteiger partial charge in [0.2, 0.25) is 0 Å². The predicted octanol–water partition coefficient (Wildman–Crippen LogP) is 6.19. The molecule has 0 saturated heterocycles. The molecule has 0 aliphatic carbocycles. The van der Waals surface area contributed by atoms with Crippen LogP contribution in [-0.4, -0.2) is 22.6 Å². The van der Waals surface area contributed by atoms with Gasteiger partial charge in [-0.1, -0.05) is 61.5 Å². The van der Waals surface area contributed by atoms with Gasteiger partial charge in [-0.3, -0.25) is 0 Å². The van der Waals surface area contributed by atoms with Gasteiger partial charge >= 0.3 is 6.03 Å². The Hall–Kier alpha value is -3.99. The number of carbonyl (C=O) groups excluding carboxylic acids is 1. The van der Waals surface area contributed by atoms with Crippen molar-refractivity contribution in [3.63, 3.8) is 0 Å². The molecule has 166 valence electrons. The van der Waals surface area contributed by atoms with Gasteiger partial charge in [0.15, 0.2) is 0 Å². The van der Waals surface area contributed by atoms with Gasteiger partial charge < -0.3 is 19.5 Å². The first-order valence-electron chi connectivity index (χ1n) is 11.2. The maximum absolute atomic E-state index is 13.8. The van der Waals surface area contributed by atoms with E-state index in [0.29, 0.717) is 18.0 Å². The van der Waals surface area contributed by atoms with E-state index in [0.717, 1.165) is 28.9 Å². The number of hydrogen-bond donors (Lipinski definition) is 1. The monoisotopic (exact) mass is 437 g/mol. The minimum absolute atomic E-state index is 0.173. The van der Waals surface area contributed by atoms with Crippen LogP contribution in [0.15, 0.2) is 91.1 Å². The van der Waals surface area contributed by atoms with Gasteiger partial charge in [-0.05, 0) is 53.4 Å². The molecule has 1 aliphatic heterocycles. The Morgan fingerprint density at radius 3 is 2.52 bits per heavy atom. The van der Waals surface area contributed by atoms with Gasteiger partial charge in [-0.2, -0.15) is 0 Å². The number of nitrogens with zero attached hydrogens (tertiary/aromatic N) is 2. The number of hydrogen-bond acceptors (Lipinski definition) is 2. The second-order valence-corrected chi connectivity index (χ2v) is 8.19. The Labute approximate surface area is 194 Å². The van der Waals surface area contributed by atoms with Crippen molar-refractivity contribution < 1.29 is 9.53 Å². The molecule has 1 aromatic heterocycles. The fraction of sp³-hybridized carbons (Fsp3) is 0.179. The summed E-state index contributed by atoms with van der Waals surface area (Å²) in [5, 5.41) is 3.09. The zero-order chi connectivity index (χ0) is 22.8. The molecule has 5 rings (SSSR count). The minimum Gasteiger partial charge on any atom is -0.495 e. The highest BCUT2D eigenvalue weighted by Gasteiger charge is 2.33. The summed E-state index contributed by atoms with van der Waals surface area (Å²) >= 11 is 0. The van der Waals surface area contributed by atoms with Crippen LogP contribution in [0.4, 0.5) is 10.5 Å². The number of nitrogens with one attached hydrogen (secondary N) is 1. The summed E-state index contributed by atoms with van der Waals surface area (Å²) in [5.74, 6) is 0.633. The maximum atomic E-state index is 13.8. The largest absolute Gasteiger partial charge is 0.495 e. The molecule has 0 spiro atoms. The highest BCUT2D eigenvalue weighted by Crippen LogP contribution is 2.37. The number of fused-ring (bicyclic) bond motifs is 3. The van der Waals surface area contributed by atoms with Crippen molar-refractivity contribution in [2.45, 2.75) is 25.9 Å². The normalized spacial score (nSPS) is 14.7. The molecule has 1 atom stereocenters. The summed E-state index contributed by atoms with van der Waals surface area (Å²) in [4.78, 5) is 15.7. The Kier molecular flexibility index (Phi) is 5.61. The van der Waals surface area contributed by atoms with E-state index >= 15 is 0 Å². The van der Waals surface area contributed by atoms with Crippen molar-refractivity contribution in [3.05, 3.63) is 114 Å². The molecule has 1 aliphatic rings. The minimum atomic E-state index is -0.243. The van der Waals surface area contributed by atoms with Crippen LogP contribution in [0.25, 0.3) is 5.69 Å². The van der Waals surface area contributed by atoms with E-state index in [4.69, 9.17) is 4.74 Å². The summed E-state index contributed by atoms with van der Waals surface area (Å²) in [5.41, 5.74) is 6.25. The van der Waals surface area contributed by atoms with Crippen molar-refractivity contribution in [3.8, 4) is 11.4 Å². The summed E-state index contributed by atoms with van der Waals surface area (Å²) in [7, 11) is 1.61. The van der Waals surface area contributed by atoms with Crippen molar-refractivity contribution in [1.82, 2.24) is 9.47 Å². The van der Waals surface area contributed by atoms with E-state index in [-0.39, 0.29) is 12.1 Å². The summed E-state index contributed by atoms with van der Waals surface area (Å²) in [6, 6.07) is 28.1. The van der Waals surface area contributed by atoms with Crippen molar-refractivity contribution in [1.29, 1.82) is 0 Å². The quantitative estimate of drug-likeness (QED) is 0.414. The number of anilines is 1. The summed E-state index contributed by atoms with van der Waals surface area (Å²) < 4.78 is 7.66. The lowest BCUT2D eigenvalue weighted by Crippen LogP contribution is -2.38. The van der Waals surface area contributed by atoms with Gasteiger partial charge in [0.25, 0.3) is 0 Å². The van der Waals surface area contributed by atoms with Gasteiger partial charge in [-0.25, -0.2) is 4.79 Å². The number of amides is 2. The lowest BCUT2D eigenvalue weighted by atomic mass is 10.00. The smallest absolute Gasteiger partial charge is 0.323 e. The van der Waals surface area contributed by atoms with Gasteiger partial charge in [-0.15, -0.1) is 0 Å². The van der Waals surface area contributed by atoms with Crippen molar-refractivity contribution >= 4 is 11.7 Å². The van der Waals surface area contributed by atoms with Gasteiger partial charge in [0.05, 0.1) is 31.1 Å². The van der Waals surface area contributed by atoms with E-state index in [1.165, 1.54) is 5.56 Å². The molecule has 0 radical (unpaired) electrons. The molecule has 1 N–H and O–H groups in total. The molecule has 5 heteroatoms. The highest BCUT2D eigenvalue weighted by atomic mass is 16.5. The molecule has 3 aromatic carbocycles. The van der Waals surface area contributed by atoms with Crippen molar-refractivity contribution in [2.24, 2.45) is 0 Å². The zero-order valence-corrected chi connectivity index (χ0v) is 18.9. The standard InChI is InChI=1S/C28H27N3O2/c1-3-20-14-16-21(17-15-20)27-25-12-8-18-30(25)24-11-6-4-9-22(24)19-31(27)28(32)29-23-10-5-7-13-26(23)33-2/h4-18,27H,3,19H2,1-2H3,(H,29,32)/t27-/m1/s1. The van der Waals surface area contributed by atoms with E-state index in [1.54, 1.807) is 7.11 Å². The number of aromatic nitrogens is 1. The average molecular weight is 438 g/mol. The van der Waals surface area contributed by atoms with Gasteiger partial charge in [0.1, 0.15) is 5.75 Å². The fourth-order valence-corrected chi connectivity index (χ4v) is 4.56. The second-order valence-electron chi connectivity index (χ2n) is 8.19. The number of para-hydroxylation sites is 3. The highest BCUT2D eigenvalue weighted by molar-refractivity contribution is 5.91. The Morgan fingerprint density at radius 1 is 0.970 bits per heavy atom. The molecular weight excluding hydrogens is 410 g/mol. The zero-order valence-electron chi connectivity index (χ0n) is 18.9. The molecule has 0 fully saturated rings. The molecule has 5 nitrogen and oxygen atoms in total. The Balaban J connectivity index is 1.62. The topological polar surface area (TPSA) is 46.5 Å². The van der Waals surface area contributed by atoms with Crippen LogP contribution in [0.1, 0.15) is 35.3 Å². The summed E-state index contributed by atoms with van der Waals surface area (Å²) in [6.07, 6.45) is 3.05. The average Bonchev–Trinajstić information content (AvgIpc) is 3.28. The Morgan fingerprint density at radius 2 is 1.73 bits per heavy atom. The number of carbonyl (C=O) groups is 1. The number of aryl methyl sites for hydroxylation is 1. The lowest BCUT2D eigenvalue weighted by molar-refractivity contribution is 0.194. The fourth-order valence-electron chi connectivity index (χ4n) is 4.56. The molecule has 0 saturated carbocycles. The molecular formula is C28H27N3O2. The van der Waals surface area contributed by atoms with Crippen LogP contribution in [0, 0.1) is 0 Å². The third-order valence-corrected chi connectivity index (χ3v) is 6.28. The predicted molar refractivity (Wildman–Crippen MR) is 131 cm³/mol. The number of rotatable bonds is 4. The van der Waals surface area contributed by atoms with E-state index in [9.17, 15) is 4.79 Å². The molecule has 0 unspecified atom stereocenters. The third-order valence-electron chi connectivity index (χ3n) is 6.28.